The Morgan fingerprint density at radius 2 is 2.13 bits per heavy atom. The maximum absolute atomic E-state index is 12.8. The Morgan fingerprint density at radius 3 is 2.74 bits per heavy atom. The Morgan fingerprint density at radius 1 is 1.39 bits per heavy atom. The first-order valence-electron chi connectivity index (χ1n) is 7.70. The van der Waals surface area contributed by atoms with Crippen molar-refractivity contribution in [3.63, 3.8) is 0 Å². The molecule has 0 spiro atoms. The van der Waals surface area contributed by atoms with Crippen LogP contribution in [-0.4, -0.2) is 24.2 Å². The fourth-order valence-electron chi connectivity index (χ4n) is 2.72. The van der Waals surface area contributed by atoms with Crippen molar-refractivity contribution in [2.45, 2.75) is 38.4 Å². The Balaban J connectivity index is 1.84. The standard InChI is InChI=1S/C16H18F3NO3/c1-2-22-15(21)8-13-12-6-5-11(16(17,18)19)7-14(12)23-20(13)9-10-3-4-10/h5-7,10,13H,2-4,8-9H2,1H3. The molecule has 1 atom stereocenters. The van der Waals surface area contributed by atoms with Crippen LogP contribution in [0.3, 0.4) is 0 Å². The first-order chi connectivity index (χ1) is 10.9. The van der Waals surface area contributed by atoms with Gasteiger partial charge in [0.1, 0.15) is 0 Å². The molecule has 1 saturated carbocycles. The smallest absolute Gasteiger partial charge is 0.416 e. The maximum atomic E-state index is 12.8. The fourth-order valence-corrected chi connectivity index (χ4v) is 2.72. The average molecular weight is 329 g/mol. The predicted octanol–water partition coefficient (Wildman–Crippen LogP) is 3.72. The molecule has 0 aromatic heterocycles. The van der Waals surface area contributed by atoms with E-state index in [4.69, 9.17) is 9.57 Å². The molecule has 7 heteroatoms. The number of ether oxygens (including phenoxy) is 1. The molecule has 1 aromatic rings. The summed E-state index contributed by atoms with van der Waals surface area (Å²) < 4.78 is 43.5. The quantitative estimate of drug-likeness (QED) is 0.772. The number of alkyl halides is 3. The van der Waals surface area contributed by atoms with Gasteiger partial charge in [0.05, 0.1) is 24.6 Å². The van der Waals surface area contributed by atoms with Gasteiger partial charge in [0, 0.05) is 12.1 Å². The highest BCUT2D eigenvalue weighted by atomic mass is 19.4. The minimum absolute atomic E-state index is 0.0684. The van der Waals surface area contributed by atoms with Crippen LogP contribution in [0.4, 0.5) is 13.2 Å². The molecule has 0 bridgehead atoms. The van der Waals surface area contributed by atoms with Crippen LogP contribution in [0.1, 0.15) is 43.4 Å². The SMILES string of the molecule is CCOC(=O)CC1c2ccc(C(F)(F)F)cc2ON1CC1CC1. The van der Waals surface area contributed by atoms with Crippen molar-refractivity contribution in [1.82, 2.24) is 5.06 Å². The molecule has 1 unspecified atom stereocenters. The molecular weight excluding hydrogens is 311 g/mol. The maximum Gasteiger partial charge on any atom is 0.416 e. The molecule has 0 N–H and O–H groups in total. The summed E-state index contributed by atoms with van der Waals surface area (Å²) in [5, 5.41) is 1.62. The molecule has 0 radical (unpaired) electrons. The molecule has 4 nitrogen and oxygen atoms in total. The first kappa shape index (κ1) is 16.1. The van der Waals surface area contributed by atoms with Gasteiger partial charge < -0.3 is 9.57 Å². The highest BCUT2D eigenvalue weighted by Crippen LogP contribution is 2.44. The van der Waals surface area contributed by atoms with Crippen LogP contribution in [-0.2, 0) is 15.7 Å². The summed E-state index contributed by atoms with van der Waals surface area (Å²) in [7, 11) is 0. The van der Waals surface area contributed by atoms with Crippen LogP contribution in [0, 0.1) is 5.92 Å². The van der Waals surface area contributed by atoms with Crippen molar-refractivity contribution in [2.75, 3.05) is 13.2 Å². The van der Waals surface area contributed by atoms with E-state index in [0.717, 1.165) is 25.0 Å². The molecule has 1 aliphatic heterocycles. The van der Waals surface area contributed by atoms with Crippen LogP contribution in [0.5, 0.6) is 5.75 Å². The number of rotatable bonds is 5. The summed E-state index contributed by atoms with van der Waals surface area (Å²) in [5.74, 6) is 0.278. The summed E-state index contributed by atoms with van der Waals surface area (Å²) in [6, 6.07) is 3.03. The molecule has 0 amide bonds. The molecule has 126 valence electrons. The monoisotopic (exact) mass is 329 g/mol. The molecular formula is C16H18F3NO3. The number of carbonyl (C=O) groups is 1. The lowest BCUT2D eigenvalue weighted by Crippen LogP contribution is -2.30. The van der Waals surface area contributed by atoms with Crippen molar-refractivity contribution < 1.29 is 27.5 Å². The summed E-state index contributed by atoms with van der Waals surface area (Å²) >= 11 is 0. The van der Waals surface area contributed by atoms with Gasteiger partial charge in [-0.3, -0.25) is 4.79 Å². The number of carbonyl (C=O) groups excluding carboxylic acids is 1. The highest BCUT2D eigenvalue weighted by Gasteiger charge is 2.40. The Kier molecular flexibility index (Phi) is 4.23. The molecule has 1 aliphatic carbocycles. The number of hydroxylamine groups is 2. The lowest BCUT2D eigenvalue weighted by molar-refractivity contribution is -0.148. The molecule has 1 fully saturated rings. The number of esters is 1. The van der Waals surface area contributed by atoms with E-state index in [1.54, 1.807) is 12.0 Å². The second kappa shape index (κ2) is 6.03. The van der Waals surface area contributed by atoms with E-state index in [1.165, 1.54) is 6.07 Å². The number of fused-ring (bicyclic) bond motifs is 1. The van der Waals surface area contributed by atoms with Gasteiger partial charge in [-0.05, 0) is 37.8 Å². The average Bonchev–Trinajstić information content (AvgIpc) is 3.21. The van der Waals surface area contributed by atoms with Crippen LogP contribution >= 0.6 is 0 Å². The van der Waals surface area contributed by atoms with Gasteiger partial charge in [-0.1, -0.05) is 6.07 Å². The normalized spacial score (nSPS) is 21.0. The Bertz CT molecular complexity index is 599. The van der Waals surface area contributed by atoms with Gasteiger partial charge in [0.15, 0.2) is 5.75 Å². The highest BCUT2D eigenvalue weighted by molar-refractivity contribution is 5.71. The lowest BCUT2D eigenvalue weighted by atomic mass is 10.0. The second-order valence-electron chi connectivity index (χ2n) is 5.91. The summed E-state index contributed by atoms with van der Waals surface area (Å²) in [5.41, 5.74) is -0.147. The van der Waals surface area contributed by atoms with Gasteiger partial charge in [-0.2, -0.15) is 13.2 Å². The van der Waals surface area contributed by atoms with Crippen LogP contribution < -0.4 is 4.84 Å². The Hall–Kier alpha value is -1.76. The van der Waals surface area contributed by atoms with Crippen LogP contribution in [0.2, 0.25) is 0 Å². The van der Waals surface area contributed by atoms with Crippen LogP contribution in [0.25, 0.3) is 0 Å². The van der Waals surface area contributed by atoms with Crippen molar-refractivity contribution in [2.24, 2.45) is 5.92 Å². The van der Waals surface area contributed by atoms with E-state index >= 15 is 0 Å². The molecule has 23 heavy (non-hydrogen) atoms. The lowest BCUT2D eigenvalue weighted by Gasteiger charge is -2.21. The van der Waals surface area contributed by atoms with Crippen molar-refractivity contribution in [3.8, 4) is 5.75 Å². The Labute approximate surface area is 132 Å². The number of hydrogen-bond acceptors (Lipinski definition) is 4. The minimum Gasteiger partial charge on any atom is -0.466 e. The molecule has 2 aliphatic rings. The third kappa shape index (κ3) is 3.60. The van der Waals surface area contributed by atoms with E-state index in [0.29, 0.717) is 18.0 Å². The number of hydrogen-bond donors (Lipinski definition) is 0. The predicted molar refractivity (Wildman–Crippen MR) is 75.5 cm³/mol. The van der Waals surface area contributed by atoms with E-state index in [-0.39, 0.29) is 24.7 Å². The largest absolute Gasteiger partial charge is 0.466 e. The number of halogens is 3. The molecule has 0 saturated heterocycles. The summed E-state index contributed by atoms with van der Waals surface area (Å²) in [6.45, 7) is 2.60. The zero-order valence-corrected chi connectivity index (χ0v) is 12.7. The number of nitrogens with zero attached hydrogens (tertiary/aromatic N) is 1. The fraction of sp³-hybridized carbons (Fsp3) is 0.562. The molecule has 1 heterocycles. The van der Waals surface area contributed by atoms with Crippen molar-refractivity contribution >= 4 is 5.97 Å². The van der Waals surface area contributed by atoms with E-state index in [2.05, 4.69) is 0 Å². The van der Waals surface area contributed by atoms with Gasteiger partial charge in [0.2, 0.25) is 0 Å². The van der Waals surface area contributed by atoms with E-state index in [9.17, 15) is 18.0 Å². The van der Waals surface area contributed by atoms with Crippen molar-refractivity contribution in [3.05, 3.63) is 29.3 Å². The molecule has 3 rings (SSSR count). The van der Waals surface area contributed by atoms with Gasteiger partial charge in [-0.25, -0.2) is 0 Å². The second-order valence-corrected chi connectivity index (χ2v) is 5.91. The van der Waals surface area contributed by atoms with E-state index < -0.39 is 17.8 Å². The van der Waals surface area contributed by atoms with Crippen LogP contribution in [0.15, 0.2) is 18.2 Å². The summed E-state index contributed by atoms with van der Waals surface area (Å²) in [4.78, 5) is 17.4. The third-order valence-corrected chi connectivity index (χ3v) is 4.06. The van der Waals surface area contributed by atoms with E-state index in [1.807, 2.05) is 0 Å². The zero-order chi connectivity index (χ0) is 16.6. The number of benzene rings is 1. The third-order valence-electron chi connectivity index (χ3n) is 4.06. The minimum atomic E-state index is -4.42. The zero-order valence-electron chi connectivity index (χ0n) is 12.7. The van der Waals surface area contributed by atoms with Gasteiger partial charge in [-0.15, -0.1) is 5.06 Å². The molecule has 1 aromatic carbocycles. The summed E-state index contributed by atoms with van der Waals surface area (Å²) in [6.07, 6.45) is -2.19. The topological polar surface area (TPSA) is 38.8 Å². The van der Waals surface area contributed by atoms with Gasteiger partial charge >= 0.3 is 12.1 Å². The van der Waals surface area contributed by atoms with Gasteiger partial charge in [0.25, 0.3) is 0 Å². The van der Waals surface area contributed by atoms with Crippen molar-refractivity contribution in [1.29, 1.82) is 0 Å². The first-order valence-corrected chi connectivity index (χ1v) is 7.70.